The lowest BCUT2D eigenvalue weighted by molar-refractivity contribution is -0.119. The van der Waals surface area contributed by atoms with Gasteiger partial charge in [0.1, 0.15) is 5.60 Å². The Morgan fingerprint density at radius 1 is 1.29 bits per heavy atom. The third-order valence-corrected chi connectivity index (χ3v) is 8.07. The van der Waals surface area contributed by atoms with Crippen molar-refractivity contribution in [2.24, 2.45) is 29.1 Å². The van der Waals surface area contributed by atoms with E-state index in [1.807, 2.05) is 0 Å². The normalized spacial score (nSPS) is 50.3. The van der Waals surface area contributed by atoms with E-state index < -0.39 is 11.7 Å². The first-order valence-electron chi connectivity index (χ1n) is 9.58. The molecule has 0 aromatic heterocycles. The first-order valence-corrected chi connectivity index (χ1v) is 9.58. The minimum absolute atomic E-state index is 0.167. The smallest absolute Gasteiger partial charge is 0.155 e. The van der Waals surface area contributed by atoms with Gasteiger partial charge in [0.2, 0.25) is 0 Å². The molecule has 0 spiro atoms. The number of carbonyl (C=O) groups excluding carboxylic acids is 1. The maximum atomic E-state index is 11.8. The van der Waals surface area contributed by atoms with Crippen molar-refractivity contribution in [2.45, 2.75) is 70.0 Å². The Morgan fingerprint density at radius 2 is 2.08 bits per heavy atom. The fourth-order valence-electron chi connectivity index (χ4n) is 6.96. The molecular weight excluding hydrogens is 300 g/mol. The minimum atomic E-state index is -0.985. The molecule has 3 heteroatoms. The van der Waals surface area contributed by atoms with Crippen LogP contribution in [0.1, 0.15) is 58.3 Å². The average Bonchev–Trinajstić information content (AvgIpc) is 2.89. The summed E-state index contributed by atoms with van der Waals surface area (Å²) in [6, 6.07) is 0. The minimum Gasteiger partial charge on any atom is -0.389 e. The van der Waals surface area contributed by atoms with Crippen LogP contribution < -0.4 is 0 Å². The number of hydrogen-bond acceptors (Lipinski definition) is 3. The summed E-state index contributed by atoms with van der Waals surface area (Å²) in [4.78, 5) is 11.8. The molecule has 3 fully saturated rings. The predicted octanol–water partition coefficient (Wildman–Crippen LogP) is 2.85. The second kappa shape index (κ2) is 5.44. The fraction of sp³-hybridized carbons (Fsp3) is 0.762. The van der Waals surface area contributed by atoms with Gasteiger partial charge in [-0.2, -0.15) is 0 Å². The molecular formula is C21H28O3. The van der Waals surface area contributed by atoms with E-state index in [0.29, 0.717) is 36.5 Å². The maximum absolute atomic E-state index is 11.8. The van der Waals surface area contributed by atoms with Gasteiger partial charge in [0.25, 0.3) is 0 Å². The molecule has 4 unspecified atom stereocenters. The number of rotatable bonds is 1. The number of terminal acetylenes is 1. The van der Waals surface area contributed by atoms with Crippen molar-refractivity contribution >= 4 is 5.78 Å². The summed E-state index contributed by atoms with van der Waals surface area (Å²) in [7, 11) is 0. The molecule has 24 heavy (non-hydrogen) atoms. The van der Waals surface area contributed by atoms with Crippen molar-refractivity contribution in [1.82, 2.24) is 0 Å². The lowest BCUT2D eigenvalue weighted by Crippen LogP contribution is -2.55. The highest BCUT2D eigenvalue weighted by molar-refractivity contribution is 5.91. The molecule has 3 nitrogen and oxygen atoms in total. The molecule has 0 amide bonds. The largest absolute Gasteiger partial charge is 0.389 e. The Morgan fingerprint density at radius 3 is 2.79 bits per heavy atom. The highest BCUT2D eigenvalue weighted by atomic mass is 16.3. The summed E-state index contributed by atoms with van der Waals surface area (Å²) in [6.45, 7) is 2.16. The molecule has 2 N–H and O–H groups in total. The molecule has 7 atom stereocenters. The van der Waals surface area contributed by atoms with Gasteiger partial charge >= 0.3 is 0 Å². The van der Waals surface area contributed by atoms with Gasteiger partial charge in [0.05, 0.1) is 6.10 Å². The van der Waals surface area contributed by atoms with Crippen LogP contribution in [0.2, 0.25) is 0 Å². The van der Waals surface area contributed by atoms with Gasteiger partial charge in [0.15, 0.2) is 5.78 Å². The Kier molecular flexibility index (Phi) is 3.71. The standard InChI is InChI=1S/C21H28O3/c1-3-20-9-7-15-14-6-5-13(22)11-17(14)19(23)12-16(15)18(20)8-10-21(20,24)4-2/h2,11,14-16,18-19,23-24H,3,5-10,12H2,1H3/t14?,15?,16?,18?,19-,20-,21-/m0/s1. The SMILES string of the molecule is C#C[C@]1(O)CCC2C3C[C@H](O)C4=CC(=O)CCC4C3CC[C@@]21CC. The molecule has 0 bridgehead atoms. The molecule has 130 valence electrons. The quantitative estimate of drug-likeness (QED) is 0.728. The topological polar surface area (TPSA) is 57.5 Å². The van der Waals surface area contributed by atoms with Crippen molar-refractivity contribution < 1.29 is 15.0 Å². The molecule has 0 heterocycles. The number of aliphatic hydroxyl groups excluding tert-OH is 1. The zero-order valence-corrected chi connectivity index (χ0v) is 14.5. The van der Waals surface area contributed by atoms with Crippen molar-refractivity contribution in [1.29, 1.82) is 0 Å². The van der Waals surface area contributed by atoms with Crippen LogP contribution in [0.4, 0.5) is 0 Å². The van der Waals surface area contributed by atoms with Crippen LogP contribution in [0.5, 0.6) is 0 Å². The van der Waals surface area contributed by atoms with E-state index in [2.05, 4.69) is 12.8 Å². The number of fused-ring (bicyclic) bond motifs is 5. The lowest BCUT2D eigenvalue weighted by atomic mass is 9.49. The van der Waals surface area contributed by atoms with E-state index in [9.17, 15) is 15.0 Å². The summed E-state index contributed by atoms with van der Waals surface area (Å²) in [6.07, 6.45) is 13.8. The van der Waals surface area contributed by atoms with Gasteiger partial charge < -0.3 is 10.2 Å². The molecule has 0 aromatic carbocycles. The summed E-state index contributed by atoms with van der Waals surface area (Å²) < 4.78 is 0. The van der Waals surface area contributed by atoms with Crippen LogP contribution in [0, 0.1) is 41.4 Å². The Balaban J connectivity index is 1.71. The molecule has 4 rings (SSSR count). The molecule has 0 radical (unpaired) electrons. The highest BCUT2D eigenvalue weighted by Gasteiger charge is 2.64. The maximum Gasteiger partial charge on any atom is 0.155 e. The Bertz CT molecular complexity index is 629. The van der Waals surface area contributed by atoms with Crippen LogP contribution in [0.15, 0.2) is 11.6 Å². The van der Waals surface area contributed by atoms with Crippen LogP contribution >= 0.6 is 0 Å². The third kappa shape index (κ3) is 1.96. The van der Waals surface area contributed by atoms with Crippen molar-refractivity contribution in [3.8, 4) is 12.3 Å². The van der Waals surface area contributed by atoms with E-state index in [1.165, 1.54) is 0 Å². The summed E-state index contributed by atoms with van der Waals surface area (Å²) in [5, 5.41) is 21.8. The number of hydrogen-bond donors (Lipinski definition) is 2. The average molecular weight is 328 g/mol. The van der Waals surface area contributed by atoms with E-state index in [-0.39, 0.29) is 11.2 Å². The Hall–Kier alpha value is -1.11. The highest BCUT2D eigenvalue weighted by Crippen LogP contribution is 2.66. The molecule has 4 aliphatic carbocycles. The van der Waals surface area contributed by atoms with Gasteiger partial charge in [-0.1, -0.05) is 12.8 Å². The lowest BCUT2D eigenvalue weighted by Gasteiger charge is -2.56. The van der Waals surface area contributed by atoms with Crippen molar-refractivity contribution in [3.63, 3.8) is 0 Å². The predicted molar refractivity (Wildman–Crippen MR) is 91.9 cm³/mol. The first-order chi connectivity index (χ1) is 11.5. The van der Waals surface area contributed by atoms with Crippen LogP contribution in [0.25, 0.3) is 0 Å². The number of ketones is 1. The van der Waals surface area contributed by atoms with Crippen molar-refractivity contribution in [3.05, 3.63) is 11.6 Å². The fourth-order valence-corrected chi connectivity index (χ4v) is 6.96. The second-order valence-electron chi connectivity index (χ2n) is 8.53. The monoisotopic (exact) mass is 328 g/mol. The van der Waals surface area contributed by atoms with E-state index in [4.69, 9.17) is 6.42 Å². The van der Waals surface area contributed by atoms with Gasteiger partial charge in [-0.25, -0.2) is 0 Å². The van der Waals surface area contributed by atoms with E-state index in [1.54, 1.807) is 6.08 Å². The van der Waals surface area contributed by atoms with Gasteiger partial charge in [-0.15, -0.1) is 6.42 Å². The first kappa shape index (κ1) is 16.4. The number of aliphatic hydroxyl groups is 2. The molecule has 4 aliphatic rings. The van der Waals surface area contributed by atoms with E-state index in [0.717, 1.165) is 44.1 Å². The molecule has 0 aliphatic heterocycles. The Labute approximate surface area is 144 Å². The van der Waals surface area contributed by atoms with Gasteiger partial charge in [0, 0.05) is 11.8 Å². The zero-order valence-electron chi connectivity index (χ0n) is 14.5. The molecule has 0 saturated heterocycles. The molecule has 3 saturated carbocycles. The third-order valence-electron chi connectivity index (χ3n) is 8.07. The van der Waals surface area contributed by atoms with Crippen LogP contribution in [0.3, 0.4) is 0 Å². The number of carbonyl (C=O) groups is 1. The summed E-state index contributed by atoms with van der Waals surface area (Å²) in [5.74, 6) is 4.62. The van der Waals surface area contributed by atoms with Gasteiger partial charge in [-0.3, -0.25) is 4.79 Å². The van der Waals surface area contributed by atoms with E-state index >= 15 is 0 Å². The van der Waals surface area contributed by atoms with Crippen LogP contribution in [-0.2, 0) is 4.79 Å². The second-order valence-corrected chi connectivity index (χ2v) is 8.53. The zero-order chi connectivity index (χ0) is 17.1. The summed E-state index contributed by atoms with van der Waals surface area (Å²) >= 11 is 0. The van der Waals surface area contributed by atoms with Crippen LogP contribution in [-0.4, -0.2) is 27.7 Å². The van der Waals surface area contributed by atoms with Crippen molar-refractivity contribution in [2.75, 3.05) is 0 Å². The summed E-state index contributed by atoms with van der Waals surface area (Å²) in [5.41, 5.74) is -0.184. The molecule has 0 aromatic rings. The van der Waals surface area contributed by atoms with Gasteiger partial charge in [-0.05, 0) is 80.3 Å².